The van der Waals surface area contributed by atoms with Gasteiger partial charge in [-0.25, -0.2) is 14.4 Å². The molecule has 0 bridgehead atoms. The zero-order chi connectivity index (χ0) is 28.4. The third kappa shape index (κ3) is 5.17. The molecular weight excluding hydrogens is 537 g/mol. The summed E-state index contributed by atoms with van der Waals surface area (Å²) in [6.07, 6.45) is 4.94. The fraction of sp³-hybridized carbons (Fsp3) is 0.286. The number of carbonyl (C=O) groups excluding carboxylic acids is 2. The Bertz CT molecular complexity index is 1580. The van der Waals surface area contributed by atoms with Gasteiger partial charge in [0.2, 0.25) is 5.91 Å². The number of imidazole rings is 1. The molecule has 2 N–H and O–H groups in total. The molecule has 1 aliphatic rings. The van der Waals surface area contributed by atoms with Gasteiger partial charge in [0.15, 0.2) is 23.0 Å². The maximum Gasteiger partial charge on any atom is 0.254 e. The van der Waals surface area contributed by atoms with E-state index in [0.717, 1.165) is 11.3 Å². The number of piperazine rings is 1. The lowest BCUT2D eigenvalue weighted by molar-refractivity contribution is -0.131. The molecule has 0 spiro atoms. The second-order valence-electron chi connectivity index (χ2n) is 9.41. The van der Waals surface area contributed by atoms with E-state index in [1.807, 2.05) is 19.1 Å². The normalized spacial score (nSPS) is 13.5. The van der Waals surface area contributed by atoms with Gasteiger partial charge in [0.05, 0.1) is 30.6 Å². The number of nitrogens with one attached hydrogen (secondary N) is 2. The van der Waals surface area contributed by atoms with Crippen molar-refractivity contribution in [3.63, 3.8) is 0 Å². The number of hydrogen-bond acceptors (Lipinski definition) is 7. The van der Waals surface area contributed by atoms with Gasteiger partial charge in [0, 0.05) is 55.4 Å². The minimum atomic E-state index is -0.640. The van der Waals surface area contributed by atoms with E-state index in [9.17, 15) is 14.0 Å². The van der Waals surface area contributed by atoms with Gasteiger partial charge in [-0.15, -0.1) is 0 Å². The number of likely N-dealkylation sites (N-methyl/N-ethyl adjacent to an activating group) is 1. The molecular formula is C28H29ClFN7O3. The minimum Gasteiger partial charge on any atom is -0.494 e. The van der Waals surface area contributed by atoms with Crippen LogP contribution in [0.2, 0.25) is 5.02 Å². The van der Waals surface area contributed by atoms with Crippen molar-refractivity contribution >= 4 is 40.6 Å². The highest BCUT2D eigenvalue weighted by Gasteiger charge is 2.25. The number of rotatable bonds is 7. The summed E-state index contributed by atoms with van der Waals surface area (Å²) in [4.78, 5) is 37.8. The Balaban J connectivity index is 1.34. The fourth-order valence-corrected chi connectivity index (χ4v) is 5.06. The lowest BCUT2D eigenvalue weighted by atomic mass is 10.1. The van der Waals surface area contributed by atoms with E-state index < -0.39 is 5.82 Å². The first-order chi connectivity index (χ1) is 19.3. The smallest absolute Gasteiger partial charge is 0.254 e. The number of aryl methyl sites for hydroxylation is 1. The number of anilines is 2. The maximum absolute atomic E-state index is 14.6. The van der Waals surface area contributed by atoms with Crippen LogP contribution in [0.1, 0.15) is 15.9 Å². The van der Waals surface area contributed by atoms with E-state index in [2.05, 4.69) is 20.6 Å². The van der Waals surface area contributed by atoms with Crippen molar-refractivity contribution < 1.29 is 18.7 Å². The molecule has 0 unspecified atom stereocenters. The van der Waals surface area contributed by atoms with Crippen LogP contribution in [0.3, 0.4) is 0 Å². The molecule has 1 fully saturated rings. The van der Waals surface area contributed by atoms with Gasteiger partial charge in [0.25, 0.3) is 5.91 Å². The maximum atomic E-state index is 14.6. The lowest BCUT2D eigenvalue weighted by Crippen LogP contribution is -2.52. The zero-order valence-corrected chi connectivity index (χ0v) is 23.1. The van der Waals surface area contributed by atoms with Crippen molar-refractivity contribution in [1.29, 1.82) is 0 Å². The van der Waals surface area contributed by atoms with Gasteiger partial charge in [-0.1, -0.05) is 11.6 Å². The first-order valence-electron chi connectivity index (χ1n) is 12.8. The highest BCUT2D eigenvalue weighted by Crippen LogP contribution is 2.35. The quantitative estimate of drug-likeness (QED) is 0.352. The Kier molecular flexibility index (Phi) is 7.85. The van der Waals surface area contributed by atoms with E-state index in [1.165, 1.54) is 13.2 Å². The van der Waals surface area contributed by atoms with Crippen LogP contribution >= 0.6 is 11.6 Å². The summed E-state index contributed by atoms with van der Waals surface area (Å²) in [5.74, 6) is -0.121. The Morgan fingerprint density at radius 2 is 1.85 bits per heavy atom. The standard InChI is InChI=1S/C28H29ClFN7O3/c1-17-14-18(4-5-19(17)28(39)36-12-10-35(11-13-36)23(38)16-31-2)34-26-27-33-15-21(37(27)9-8-32-26)20-6-7-22(40-3)25(30)24(20)29/h4-9,14-15,31H,10-13,16H2,1-3H3,(H,32,34). The monoisotopic (exact) mass is 565 g/mol. The SMILES string of the molecule is CNCC(=O)N1CCN(C(=O)c2ccc(Nc3nccn4c(-c5ccc(OC)c(F)c5Cl)cnc34)cc2C)CC1. The average Bonchev–Trinajstić information content (AvgIpc) is 3.39. The number of benzene rings is 2. The number of fused-ring (bicyclic) bond motifs is 1. The Morgan fingerprint density at radius 1 is 1.10 bits per heavy atom. The van der Waals surface area contributed by atoms with Crippen LogP contribution in [-0.4, -0.2) is 82.9 Å². The molecule has 3 heterocycles. The van der Waals surface area contributed by atoms with E-state index >= 15 is 0 Å². The molecule has 2 aromatic carbocycles. The predicted octanol–water partition coefficient (Wildman–Crippen LogP) is 3.75. The van der Waals surface area contributed by atoms with Gasteiger partial charge in [-0.05, 0) is 49.9 Å². The van der Waals surface area contributed by atoms with Gasteiger partial charge >= 0.3 is 0 Å². The van der Waals surface area contributed by atoms with E-state index in [0.29, 0.717) is 54.5 Å². The van der Waals surface area contributed by atoms with Crippen LogP contribution < -0.4 is 15.4 Å². The second kappa shape index (κ2) is 11.5. The van der Waals surface area contributed by atoms with Gasteiger partial charge < -0.3 is 25.2 Å². The number of ether oxygens (including phenoxy) is 1. The molecule has 1 aliphatic heterocycles. The molecule has 40 heavy (non-hydrogen) atoms. The summed E-state index contributed by atoms with van der Waals surface area (Å²) in [6, 6.07) is 8.68. The molecule has 5 rings (SSSR count). The van der Waals surface area contributed by atoms with Crippen molar-refractivity contribution in [2.24, 2.45) is 0 Å². The van der Waals surface area contributed by atoms with Crippen molar-refractivity contribution in [2.75, 3.05) is 52.2 Å². The molecule has 2 amide bonds. The molecule has 0 atom stereocenters. The Hall–Kier alpha value is -4.22. The predicted molar refractivity (Wildman–Crippen MR) is 151 cm³/mol. The highest BCUT2D eigenvalue weighted by atomic mass is 35.5. The fourth-order valence-electron chi connectivity index (χ4n) is 4.80. The molecule has 2 aromatic heterocycles. The molecule has 0 saturated carbocycles. The first kappa shape index (κ1) is 27.4. The first-order valence-corrected chi connectivity index (χ1v) is 13.1. The van der Waals surface area contributed by atoms with Gasteiger partial charge in [0.1, 0.15) is 0 Å². The molecule has 208 valence electrons. The zero-order valence-electron chi connectivity index (χ0n) is 22.4. The van der Waals surface area contributed by atoms with E-state index in [-0.39, 0.29) is 29.1 Å². The number of halogens is 2. The van der Waals surface area contributed by atoms with Crippen LogP contribution in [0.5, 0.6) is 5.75 Å². The molecule has 0 aliphatic carbocycles. The van der Waals surface area contributed by atoms with Gasteiger partial charge in [-0.2, -0.15) is 0 Å². The summed E-state index contributed by atoms with van der Waals surface area (Å²) in [5, 5.41) is 6.09. The van der Waals surface area contributed by atoms with Crippen LogP contribution in [0.4, 0.5) is 15.9 Å². The number of methoxy groups -OCH3 is 1. The number of nitrogens with zero attached hydrogens (tertiary/aromatic N) is 5. The van der Waals surface area contributed by atoms with Crippen molar-refractivity contribution in [3.8, 4) is 17.0 Å². The molecule has 12 heteroatoms. The highest BCUT2D eigenvalue weighted by molar-refractivity contribution is 6.33. The van der Waals surface area contributed by atoms with Crippen LogP contribution in [0, 0.1) is 12.7 Å². The minimum absolute atomic E-state index is 0.0358. The summed E-state index contributed by atoms with van der Waals surface area (Å²) >= 11 is 6.31. The Morgan fingerprint density at radius 3 is 2.55 bits per heavy atom. The largest absolute Gasteiger partial charge is 0.494 e. The van der Waals surface area contributed by atoms with Crippen molar-refractivity contribution in [1.82, 2.24) is 29.5 Å². The van der Waals surface area contributed by atoms with Gasteiger partial charge in [-0.3, -0.25) is 14.0 Å². The third-order valence-electron chi connectivity index (χ3n) is 6.94. The van der Waals surface area contributed by atoms with Crippen molar-refractivity contribution in [3.05, 3.63) is 70.9 Å². The number of aromatic nitrogens is 3. The topological polar surface area (TPSA) is 104 Å². The van der Waals surface area contributed by atoms with Crippen LogP contribution in [0.15, 0.2) is 48.9 Å². The molecule has 1 saturated heterocycles. The molecule has 10 nitrogen and oxygen atoms in total. The third-order valence-corrected chi connectivity index (χ3v) is 7.31. The summed E-state index contributed by atoms with van der Waals surface area (Å²) in [6.45, 7) is 4.18. The summed E-state index contributed by atoms with van der Waals surface area (Å²) < 4.78 is 21.4. The number of hydrogen-bond donors (Lipinski definition) is 2. The van der Waals surface area contributed by atoms with Crippen LogP contribution in [0.25, 0.3) is 16.9 Å². The van der Waals surface area contributed by atoms with Crippen LogP contribution in [-0.2, 0) is 4.79 Å². The van der Waals surface area contributed by atoms with Crippen molar-refractivity contribution in [2.45, 2.75) is 6.92 Å². The number of amides is 2. The molecule has 4 aromatic rings. The number of carbonyl (C=O) groups is 2. The molecule has 0 radical (unpaired) electrons. The van der Waals surface area contributed by atoms with E-state index in [4.69, 9.17) is 16.3 Å². The summed E-state index contributed by atoms with van der Waals surface area (Å²) in [7, 11) is 3.12. The van der Waals surface area contributed by atoms with E-state index in [1.54, 1.807) is 52.0 Å². The average molecular weight is 566 g/mol. The second-order valence-corrected chi connectivity index (χ2v) is 9.79. The lowest BCUT2D eigenvalue weighted by Gasteiger charge is -2.35. The summed E-state index contributed by atoms with van der Waals surface area (Å²) in [5.41, 5.74) is 3.72. The Labute approximate surface area is 235 Å².